The number of nitrogens with one attached hydrogen (secondary N) is 1. The molecule has 2 aromatic rings. The first-order chi connectivity index (χ1) is 9.84. The van der Waals surface area contributed by atoms with Crippen molar-refractivity contribution in [3.8, 4) is 0 Å². The third-order valence-electron chi connectivity index (χ3n) is 2.57. The van der Waals surface area contributed by atoms with E-state index < -0.39 is 9.84 Å². The van der Waals surface area contributed by atoms with Gasteiger partial charge in [-0.05, 0) is 31.2 Å². The zero-order chi connectivity index (χ0) is 15.5. The highest BCUT2D eigenvalue weighted by Gasteiger charge is 2.08. The fourth-order valence-corrected chi connectivity index (χ4v) is 2.85. The van der Waals surface area contributed by atoms with E-state index in [4.69, 9.17) is 0 Å². The molecule has 1 aromatic heterocycles. The van der Waals surface area contributed by atoms with Crippen molar-refractivity contribution in [1.82, 2.24) is 4.98 Å². The summed E-state index contributed by atoms with van der Waals surface area (Å²) in [5, 5.41) is 5.39. The molecule has 1 N–H and O–H groups in total. The molecule has 7 heteroatoms. The molecule has 0 bridgehead atoms. The summed E-state index contributed by atoms with van der Waals surface area (Å²) in [6, 6.07) is 6.12. The molecule has 0 spiro atoms. The van der Waals surface area contributed by atoms with E-state index in [0.29, 0.717) is 5.69 Å². The van der Waals surface area contributed by atoms with Crippen LogP contribution in [-0.4, -0.2) is 25.6 Å². The number of thiazole rings is 1. The monoisotopic (exact) mass is 322 g/mol. The van der Waals surface area contributed by atoms with Crippen LogP contribution in [0.4, 0.5) is 5.69 Å². The van der Waals surface area contributed by atoms with Crippen LogP contribution in [0.2, 0.25) is 0 Å². The van der Waals surface area contributed by atoms with E-state index >= 15 is 0 Å². The molecule has 0 aliphatic rings. The maximum Gasteiger partial charge on any atom is 0.248 e. The number of carbonyl (C=O) groups excluding carboxylic acids is 1. The summed E-state index contributed by atoms with van der Waals surface area (Å²) in [6.45, 7) is 1.89. The Kier molecular flexibility index (Phi) is 4.54. The summed E-state index contributed by atoms with van der Waals surface area (Å²) in [5.74, 6) is -0.341. The maximum absolute atomic E-state index is 11.8. The van der Waals surface area contributed by atoms with E-state index in [0.717, 1.165) is 17.0 Å². The van der Waals surface area contributed by atoms with Crippen molar-refractivity contribution < 1.29 is 13.2 Å². The van der Waals surface area contributed by atoms with Gasteiger partial charge in [0, 0.05) is 23.4 Å². The Hall–Kier alpha value is -1.99. The predicted molar refractivity (Wildman–Crippen MR) is 84.1 cm³/mol. The zero-order valence-electron chi connectivity index (χ0n) is 11.5. The molecule has 5 nitrogen and oxygen atoms in total. The summed E-state index contributed by atoms with van der Waals surface area (Å²) in [5.41, 5.74) is 1.15. The second-order valence-electron chi connectivity index (χ2n) is 4.41. The number of hydrogen-bond donors (Lipinski definition) is 1. The minimum absolute atomic E-state index is 0.166. The Morgan fingerprint density at radius 3 is 2.76 bits per heavy atom. The van der Waals surface area contributed by atoms with Gasteiger partial charge in [-0.1, -0.05) is 6.07 Å². The largest absolute Gasteiger partial charge is 0.322 e. The van der Waals surface area contributed by atoms with Crippen LogP contribution in [0.3, 0.4) is 0 Å². The zero-order valence-corrected chi connectivity index (χ0v) is 13.2. The molecule has 1 aromatic carbocycles. The lowest BCUT2D eigenvalue weighted by molar-refractivity contribution is -0.111. The molecule has 0 saturated heterocycles. The highest BCUT2D eigenvalue weighted by molar-refractivity contribution is 7.90. The van der Waals surface area contributed by atoms with Gasteiger partial charge in [0.15, 0.2) is 9.84 Å². The molecule has 0 unspecified atom stereocenters. The molecule has 1 amide bonds. The van der Waals surface area contributed by atoms with Crippen LogP contribution in [0.15, 0.2) is 40.6 Å². The van der Waals surface area contributed by atoms with Gasteiger partial charge in [-0.3, -0.25) is 4.79 Å². The van der Waals surface area contributed by atoms with E-state index in [1.807, 2.05) is 12.3 Å². The Morgan fingerprint density at radius 1 is 1.38 bits per heavy atom. The smallest absolute Gasteiger partial charge is 0.248 e. The van der Waals surface area contributed by atoms with Gasteiger partial charge < -0.3 is 5.32 Å². The molecular weight excluding hydrogens is 308 g/mol. The molecular formula is C14H14N2O3S2. The van der Waals surface area contributed by atoms with Gasteiger partial charge in [0.05, 0.1) is 15.6 Å². The number of anilines is 1. The number of nitrogens with zero attached hydrogens (tertiary/aromatic N) is 1. The Bertz CT molecular complexity index is 792. The van der Waals surface area contributed by atoms with Gasteiger partial charge in [0.1, 0.15) is 0 Å². The highest BCUT2D eigenvalue weighted by Crippen LogP contribution is 2.15. The minimum atomic E-state index is -3.29. The third-order valence-corrected chi connectivity index (χ3v) is 4.47. The van der Waals surface area contributed by atoms with E-state index in [1.54, 1.807) is 18.2 Å². The minimum Gasteiger partial charge on any atom is -0.322 e. The average Bonchev–Trinajstić information content (AvgIpc) is 2.82. The molecule has 0 aliphatic carbocycles. The van der Waals surface area contributed by atoms with Crippen LogP contribution < -0.4 is 5.32 Å². The van der Waals surface area contributed by atoms with Crippen molar-refractivity contribution >= 4 is 38.8 Å². The van der Waals surface area contributed by atoms with Crippen molar-refractivity contribution in [2.24, 2.45) is 0 Å². The van der Waals surface area contributed by atoms with Crippen LogP contribution in [-0.2, 0) is 14.6 Å². The fraction of sp³-hybridized carbons (Fsp3) is 0.143. The number of aromatic nitrogens is 1. The van der Waals surface area contributed by atoms with Gasteiger partial charge in [-0.2, -0.15) is 0 Å². The molecule has 0 radical (unpaired) electrons. The molecule has 0 atom stereocenters. The number of hydrogen-bond acceptors (Lipinski definition) is 5. The summed E-state index contributed by atoms with van der Waals surface area (Å²) >= 11 is 1.50. The Labute approximate surface area is 127 Å². The van der Waals surface area contributed by atoms with Crippen LogP contribution in [0, 0.1) is 6.92 Å². The normalized spacial score (nSPS) is 11.7. The third kappa shape index (κ3) is 4.51. The second-order valence-corrected chi connectivity index (χ2v) is 7.49. The average molecular weight is 322 g/mol. The first-order valence-corrected chi connectivity index (χ1v) is 8.83. The first kappa shape index (κ1) is 15.4. The lowest BCUT2D eigenvalue weighted by Gasteiger charge is -2.04. The van der Waals surface area contributed by atoms with Gasteiger partial charge in [-0.15, -0.1) is 11.3 Å². The lowest BCUT2D eigenvalue weighted by Crippen LogP contribution is -2.08. The highest BCUT2D eigenvalue weighted by atomic mass is 32.2. The van der Waals surface area contributed by atoms with Crippen molar-refractivity contribution in [2.75, 3.05) is 11.6 Å². The van der Waals surface area contributed by atoms with Crippen molar-refractivity contribution in [3.05, 3.63) is 46.4 Å². The number of benzene rings is 1. The number of sulfone groups is 1. The number of aryl methyl sites for hydroxylation is 1. The number of amides is 1. The topological polar surface area (TPSA) is 76.1 Å². The van der Waals surface area contributed by atoms with E-state index in [-0.39, 0.29) is 10.8 Å². The maximum atomic E-state index is 11.8. The van der Waals surface area contributed by atoms with Crippen LogP contribution >= 0.6 is 11.3 Å². The molecule has 21 heavy (non-hydrogen) atoms. The molecule has 0 aliphatic heterocycles. The van der Waals surface area contributed by atoms with Gasteiger partial charge >= 0.3 is 0 Å². The molecule has 2 rings (SSSR count). The number of rotatable bonds is 4. The van der Waals surface area contributed by atoms with Gasteiger partial charge in [-0.25, -0.2) is 13.4 Å². The Morgan fingerprint density at radius 2 is 2.14 bits per heavy atom. The SMILES string of the molecule is Cc1nc(/C=C/C(=O)Nc2cccc(S(C)(=O)=O)c2)cs1. The van der Waals surface area contributed by atoms with E-state index in [1.165, 1.54) is 29.5 Å². The summed E-state index contributed by atoms with van der Waals surface area (Å²) in [7, 11) is -3.29. The van der Waals surface area contributed by atoms with Crippen LogP contribution in [0.1, 0.15) is 10.7 Å². The fourth-order valence-electron chi connectivity index (χ4n) is 1.61. The van der Waals surface area contributed by atoms with E-state index in [9.17, 15) is 13.2 Å². The molecule has 0 fully saturated rings. The van der Waals surface area contributed by atoms with Crippen molar-refractivity contribution in [1.29, 1.82) is 0 Å². The first-order valence-electron chi connectivity index (χ1n) is 6.06. The van der Waals surface area contributed by atoms with Crippen molar-refractivity contribution in [3.63, 3.8) is 0 Å². The summed E-state index contributed by atoms with van der Waals surface area (Å²) in [4.78, 5) is 16.2. The second kappa shape index (κ2) is 6.19. The Balaban J connectivity index is 2.08. The lowest BCUT2D eigenvalue weighted by atomic mass is 10.3. The quantitative estimate of drug-likeness (QED) is 0.878. The van der Waals surface area contributed by atoms with E-state index in [2.05, 4.69) is 10.3 Å². The molecule has 1 heterocycles. The molecule has 0 saturated carbocycles. The van der Waals surface area contributed by atoms with Gasteiger partial charge in [0.2, 0.25) is 5.91 Å². The molecule has 110 valence electrons. The summed E-state index contributed by atoms with van der Waals surface area (Å²) in [6.07, 6.45) is 4.10. The van der Waals surface area contributed by atoms with Crippen LogP contribution in [0.5, 0.6) is 0 Å². The van der Waals surface area contributed by atoms with Gasteiger partial charge in [0.25, 0.3) is 0 Å². The summed E-state index contributed by atoms with van der Waals surface area (Å²) < 4.78 is 22.9. The van der Waals surface area contributed by atoms with Crippen molar-refractivity contribution in [2.45, 2.75) is 11.8 Å². The standard InChI is InChI=1S/C14H14N2O3S2/c1-10-15-12(9-20-10)6-7-14(17)16-11-4-3-5-13(8-11)21(2,18)19/h3-9H,1-2H3,(H,16,17)/b7-6+. The predicted octanol–water partition coefficient (Wildman–Crippen LogP) is 2.51. The van der Waals surface area contributed by atoms with Crippen LogP contribution in [0.25, 0.3) is 6.08 Å². The number of carbonyl (C=O) groups is 1.